The average molecular weight is 311 g/mol. The van der Waals surface area contributed by atoms with Gasteiger partial charge < -0.3 is 15.0 Å². The number of amides is 1. The summed E-state index contributed by atoms with van der Waals surface area (Å²) in [5, 5.41) is 3.43. The Labute approximate surface area is 135 Å². The monoisotopic (exact) mass is 311 g/mol. The summed E-state index contributed by atoms with van der Waals surface area (Å²) in [6.07, 6.45) is 2.08. The van der Waals surface area contributed by atoms with Crippen LogP contribution in [0, 0.1) is 11.8 Å². The van der Waals surface area contributed by atoms with Gasteiger partial charge in [-0.3, -0.25) is 9.69 Å². The van der Waals surface area contributed by atoms with Crippen molar-refractivity contribution in [2.75, 3.05) is 53.0 Å². The fourth-order valence-corrected chi connectivity index (χ4v) is 3.23. The molecule has 2 heterocycles. The largest absolute Gasteiger partial charge is 0.379 e. The van der Waals surface area contributed by atoms with Gasteiger partial charge in [0.25, 0.3) is 0 Å². The minimum absolute atomic E-state index is 0.0654. The van der Waals surface area contributed by atoms with E-state index in [1.54, 1.807) is 0 Å². The molecule has 128 valence electrons. The molecule has 1 atom stereocenters. The van der Waals surface area contributed by atoms with Gasteiger partial charge in [0, 0.05) is 38.6 Å². The maximum absolute atomic E-state index is 12.6. The second-order valence-electron chi connectivity index (χ2n) is 7.49. The van der Waals surface area contributed by atoms with Crippen molar-refractivity contribution in [3.63, 3.8) is 0 Å². The lowest BCUT2D eigenvalue weighted by atomic mass is 9.85. The normalized spacial score (nSPS) is 25.1. The highest BCUT2D eigenvalue weighted by atomic mass is 16.5. The smallest absolute Gasteiger partial charge is 0.223 e. The Morgan fingerprint density at radius 2 is 1.73 bits per heavy atom. The van der Waals surface area contributed by atoms with Gasteiger partial charge in [0.15, 0.2) is 0 Å². The molecule has 2 fully saturated rings. The molecule has 0 aromatic carbocycles. The van der Waals surface area contributed by atoms with Crippen molar-refractivity contribution in [1.29, 1.82) is 0 Å². The van der Waals surface area contributed by atoms with Crippen LogP contribution in [-0.4, -0.2) is 74.2 Å². The number of rotatable bonds is 5. The summed E-state index contributed by atoms with van der Waals surface area (Å²) in [5.74, 6) is 0.667. The number of nitrogens with zero attached hydrogens (tertiary/aromatic N) is 2. The molecular weight excluding hydrogens is 278 g/mol. The highest BCUT2D eigenvalue weighted by Crippen LogP contribution is 2.25. The van der Waals surface area contributed by atoms with Crippen LogP contribution in [0.3, 0.4) is 0 Å². The zero-order chi connectivity index (χ0) is 16.2. The zero-order valence-electron chi connectivity index (χ0n) is 14.7. The number of hydrogen-bond donors (Lipinski definition) is 1. The number of nitrogens with one attached hydrogen (secondary N) is 1. The molecule has 0 radical (unpaired) electrons. The average Bonchev–Trinajstić information content (AvgIpc) is 2.50. The number of morpholine rings is 1. The first kappa shape index (κ1) is 17.7. The second kappa shape index (κ2) is 7.75. The summed E-state index contributed by atoms with van der Waals surface area (Å²) in [6.45, 7) is 12.9. The van der Waals surface area contributed by atoms with Crippen molar-refractivity contribution < 1.29 is 9.53 Å². The van der Waals surface area contributed by atoms with E-state index in [1.807, 2.05) is 6.92 Å². The van der Waals surface area contributed by atoms with Gasteiger partial charge in [0.05, 0.1) is 18.8 Å². The van der Waals surface area contributed by atoms with E-state index in [0.717, 1.165) is 58.8 Å². The molecule has 0 aromatic rings. The Morgan fingerprint density at radius 3 is 2.27 bits per heavy atom. The molecule has 1 amide bonds. The lowest BCUT2D eigenvalue weighted by Gasteiger charge is -2.45. The number of ether oxygens (including phenoxy) is 1. The fourth-order valence-electron chi connectivity index (χ4n) is 3.23. The van der Waals surface area contributed by atoms with Gasteiger partial charge in [0.1, 0.15) is 0 Å². The van der Waals surface area contributed by atoms with Gasteiger partial charge in [-0.25, -0.2) is 0 Å². The van der Waals surface area contributed by atoms with E-state index in [4.69, 9.17) is 4.74 Å². The van der Waals surface area contributed by atoms with Crippen molar-refractivity contribution in [2.24, 2.45) is 11.8 Å². The van der Waals surface area contributed by atoms with E-state index in [-0.39, 0.29) is 17.4 Å². The predicted molar refractivity (Wildman–Crippen MR) is 88.9 cm³/mol. The Bertz CT molecular complexity index is 359. The summed E-state index contributed by atoms with van der Waals surface area (Å²) >= 11 is 0. The summed E-state index contributed by atoms with van der Waals surface area (Å²) in [7, 11) is 2.16. The zero-order valence-corrected chi connectivity index (χ0v) is 14.7. The van der Waals surface area contributed by atoms with Gasteiger partial charge in [0.2, 0.25) is 5.91 Å². The van der Waals surface area contributed by atoms with E-state index >= 15 is 0 Å². The van der Waals surface area contributed by atoms with E-state index in [9.17, 15) is 4.79 Å². The van der Waals surface area contributed by atoms with Crippen LogP contribution in [0.1, 0.15) is 33.6 Å². The SMILES string of the molecule is CC(C)C(C)C(=O)NC1(CN2CCOCC2)CCN(C)CC1. The molecule has 2 aliphatic rings. The highest BCUT2D eigenvalue weighted by Gasteiger charge is 2.38. The Kier molecular flexibility index (Phi) is 6.24. The van der Waals surface area contributed by atoms with Crippen LogP contribution in [0.2, 0.25) is 0 Å². The van der Waals surface area contributed by atoms with Crippen LogP contribution in [0.15, 0.2) is 0 Å². The number of carbonyl (C=O) groups is 1. The summed E-state index contributed by atoms with van der Waals surface area (Å²) in [6, 6.07) is 0. The summed E-state index contributed by atoms with van der Waals surface area (Å²) < 4.78 is 5.45. The maximum Gasteiger partial charge on any atom is 0.223 e. The van der Waals surface area contributed by atoms with Crippen LogP contribution >= 0.6 is 0 Å². The second-order valence-corrected chi connectivity index (χ2v) is 7.49. The lowest BCUT2D eigenvalue weighted by molar-refractivity contribution is -0.129. The molecule has 5 heteroatoms. The molecule has 22 heavy (non-hydrogen) atoms. The molecule has 0 spiro atoms. The molecule has 0 bridgehead atoms. The standard InChI is InChI=1S/C17H33N3O2/c1-14(2)15(3)16(21)18-17(5-7-19(4)8-6-17)13-20-9-11-22-12-10-20/h14-15H,5-13H2,1-4H3,(H,18,21). The molecule has 2 rings (SSSR count). The van der Waals surface area contributed by atoms with E-state index in [1.165, 1.54) is 0 Å². The highest BCUT2D eigenvalue weighted by molar-refractivity contribution is 5.79. The molecule has 0 aromatic heterocycles. The van der Waals surface area contributed by atoms with E-state index < -0.39 is 0 Å². The summed E-state index contributed by atoms with van der Waals surface area (Å²) in [5.41, 5.74) is -0.0654. The topological polar surface area (TPSA) is 44.8 Å². The van der Waals surface area contributed by atoms with Crippen molar-refractivity contribution in [2.45, 2.75) is 39.2 Å². The summed E-state index contributed by atoms with van der Waals surface area (Å²) in [4.78, 5) is 17.4. The Balaban J connectivity index is 2.02. The van der Waals surface area contributed by atoms with Gasteiger partial charge >= 0.3 is 0 Å². The third-order valence-corrected chi connectivity index (χ3v) is 5.38. The molecule has 2 aliphatic heterocycles. The predicted octanol–water partition coefficient (Wildman–Crippen LogP) is 1.19. The maximum atomic E-state index is 12.6. The fraction of sp³-hybridized carbons (Fsp3) is 0.941. The van der Waals surface area contributed by atoms with Crippen molar-refractivity contribution in [3.05, 3.63) is 0 Å². The van der Waals surface area contributed by atoms with Crippen molar-refractivity contribution in [3.8, 4) is 0 Å². The van der Waals surface area contributed by atoms with Crippen molar-refractivity contribution in [1.82, 2.24) is 15.1 Å². The first-order valence-electron chi connectivity index (χ1n) is 8.72. The van der Waals surface area contributed by atoms with Gasteiger partial charge in [-0.1, -0.05) is 20.8 Å². The molecular formula is C17H33N3O2. The molecule has 0 saturated carbocycles. The number of hydrogen-bond acceptors (Lipinski definition) is 4. The third-order valence-electron chi connectivity index (χ3n) is 5.38. The van der Waals surface area contributed by atoms with Gasteiger partial charge in [-0.15, -0.1) is 0 Å². The van der Waals surface area contributed by atoms with Gasteiger partial charge in [-0.05, 0) is 25.8 Å². The quantitative estimate of drug-likeness (QED) is 0.828. The molecule has 0 aliphatic carbocycles. The third kappa shape index (κ3) is 4.67. The minimum Gasteiger partial charge on any atom is -0.379 e. The van der Waals surface area contributed by atoms with Crippen LogP contribution < -0.4 is 5.32 Å². The minimum atomic E-state index is -0.0654. The van der Waals surface area contributed by atoms with Crippen molar-refractivity contribution >= 4 is 5.91 Å². The molecule has 2 saturated heterocycles. The van der Waals surface area contributed by atoms with Crippen LogP contribution in [-0.2, 0) is 9.53 Å². The Hall–Kier alpha value is -0.650. The number of likely N-dealkylation sites (tertiary alicyclic amines) is 1. The first-order chi connectivity index (χ1) is 10.4. The molecule has 1 N–H and O–H groups in total. The Morgan fingerprint density at radius 1 is 1.14 bits per heavy atom. The lowest BCUT2D eigenvalue weighted by Crippen LogP contribution is -2.62. The van der Waals surface area contributed by atoms with Crippen LogP contribution in [0.25, 0.3) is 0 Å². The van der Waals surface area contributed by atoms with E-state index in [0.29, 0.717) is 5.92 Å². The number of piperidine rings is 1. The first-order valence-corrected chi connectivity index (χ1v) is 8.72. The molecule has 5 nitrogen and oxygen atoms in total. The van der Waals surface area contributed by atoms with Crippen LogP contribution in [0.4, 0.5) is 0 Å². The molecule has 1 unspecified atom stereocenters. The van der Waals surface area contributed by atoms with Gasteiger partial charge in [-0.2, -0.15) is 0 Å². The van der Waals surface area contributed by atoms with Crippen LogP contribution in [0.5, 0.6) is 0 Å². The van der Waals surface area contributed by atoms with E-state index in [2.05, 4.69) is 36.0 Å². The number of carbonyl (C=O) groups excluding carboxylic acids is 1.